The number of hydrogen-bond acceptors (Lipinski definition) is 2. The van der Waals surface area contributed by atoms with Gasteiger partial charge in [0.2, 0.25) is 0 Å². The molecule has 0 saturated carbocycles. The van der Waals surface area contributed by atoms with Crippen molar-refractivity contribution >= 4 is 5.90 Å². The molecule has 1 unspecified atom stereocenters. The molecule has 0 radical (unpaired) electrons. The zero-order chi connectivity index (χ0) is 7.78. The minimum atomic E-state index is -4.25. The second kappa shape index (κ2) is 2.14. The minimum Gasteiger partial charge on any atom is -0.479 e. The molecule has 0 bridgehead atoms. The SMILES string of the molecule is CC1=NC(C(F)(F)F)CO1. The number of aliphatic imine (C=N–C) groups is 1. The maximum absolute atomic E-state index is 11.7. The van der Waals surface area contributed by atoms with Gasteiger partial charge in [0.05, 0.1) is 0 Å². The first-order valence-electron chi connectivity index (χ1n) is 2.74. The molecule has 2 nitrogen and oxygen atoms in total. The van der Waals surface area contributed by atoms with Crippen molar-refractivity contribution in [2.24, 2.45) is 4.99 Å². The maximum Gasteiger partial charge on any atom is 0.414 e. The van der Waals surface area contributed by atoms with Crippen molar-refractivity contribution in [3.63, 3.8) is 0 Å². The van der Waals surface area contributed by atoms with Crippen LogP contribution in [-0.2, 0) is 4.74 Å². The molecule has 1 aliphatic heterocycles. The summed E-state index contributed by atoms with van der Waals surface area (Å²) in [4.78, 5) is 3.23. The van der Waals surface area contributed by atoms with E-state index in [2.05, 4.69) is 9.73 Å². The Morgan fingerprint density at radius 1 is 1.60 bits per heavy atom. The summed E-state index contributed by atoms with van der Waals surface area (Å²) in [5, 5.41) is 0. The van der Waals surface area contributed by atoms with Crippen molar-refractivity contribution in [2.45, 2.75) is 19.1 Å². The predicted octanol–water partition coefficient (Wildman–Crippen LogP) is 1.37. The summed E-state index contributed by atoms with van der Waals surface area (Å²) < 4.78 is 39.8. The van der Waals surface area contributed by atoms with Crippen LogP contribution in [0, 0.1) is 0 Å². The Labute approximate surface area is 55.7 Å². The molecule has 0 aromatic rings. The second-order valence-corrected chi connectivity index (χ2v) is 2.02. The van der Waals surface area contributed by atoms with Crippen LogP contribution < -0.4 is 0 Å². The van der Waals surface area contributed by atoms with Gasteiger partial charge in [-0.15, -0.1) is 0 Å². The third-order valence-electron chi connectivity index (χ3n) is 1.17. The van der Waals surface area contributed by atoms with E-state index in [9.17, 15) is 13.2 Å². The Hall–Kier alpha value is -0.740. The van der Waals surface area contributed by atoms with Crippen molar-refractivity contribution in [1.82, 2.24) is 0 Å². The molecule has 0 fully saturated rings. The Morgan fingerprint density at radius 3 is 2.40 bits per heavy atom. The Morgan fingerprint density at radius 2 is 2.20 bits per heavy atom. The molecule has 0 amide bonds. The first-order chi connectivity index (χ1) is 4.50. The van der Waals surface area contributed by atoms with Crippen molar-refractivity contribution < 1.29 is 17.9 Å². The number of hydrogen-bond donors (Lipinski definition) is 0. The van der Waals surface area contributed by atoms with E-state index in [4.69, 9.17) is 0 Å². The van der Waals surface area contributed by atoms with Gasteiger partial charge in [-0.3, -0.25) is 0 Å². The predicted molar refractivity (Wildman–Crippen MR) is 28.9 cm³/mol. The van der Waals surface area contributed by atoms with Gasteiger partial charge in [-0.25, -0.2) is 4.99 Å². The van der Waals surface area contributed by atoms with Crippen LogP contribution in [0.25, 0.3) is 0 Å². The summed E-state index contributed by atoms with van der Waals surface area (Å²) >= 11 is 0. The van der Waals surface area contributed by atoms with Crippen LogP contribution in [0.3, 0.4) is 0 Å². The fourth-order valence-corrected chi connectivity index (χ4v) is 0.661. The molecule has 1 rings (SSSR count). The van der Waals surface area contributed by atoms with E-state index in [-0.39, 0.29) is 12.5 Å². The quantitative estimate of drug-likeness (QED) is 0.515. The first-order valence-corrected chi connectivity index (χ1v) is 2.74. The van der Waals surface area contributed by atoms with E-state index in [0.717, 1.165) is 0 Å². The Kier molecular flexibility index (Phi) is 1.58. The van der Waals surface area contributed by atoms with Gasteiger partial charge >= 0.3 is 6.18 Å². The van der Waals surface area contributed by atoms with E-state index in [1.165, 1.54) is 6.92 Å². The van der Waals surface area contributed by atoms with Crippen LogP contribution in [0.5, 0.6) is 0 Å². The lowest BCUT2D eigenvalue weighted by atomic mass is 10.3. The Bertz CT molecular complexity index is 163. The molecule has 0 N–H and O–H groups in total. The standard InChI is InChI=1S/C5H6F3NO/c1-3-9-4(2-10-3)5(6,7)8/h4H,2H2,1H3. The molecule has 58 valence electrons. The fraction of sp³-hybridized carbons (Fsp3) is 0.800. The van der Waals surface area contributed by atoms with Crippen molar-refractivity contribution in [1.29, 1.82) is 0 Å². The van der Waals surface area contributed by atoms with E-state index in [1.807, 2.05) is 0 Å². The second-order valence-electron chi connectivity index (χ2n) is 2.02. The highest BCUT2D eigenvalue weighted by molar-refractivity contribution is 5.74. The monoisotopic (exact) mass is 153 g/mol. The maximum atomic E-state index is 11.7. The summed E-state index contributed by atoms with van der Waals surface area (Å²) in [6.07, 6.45) is -4.25. The molecule has 1 atom stereocenters. The molecule has 10 heavy (non-hydrogen) atoms. The zero-order valence-corrected chi connectivity index (χ0v) is 5.27. The molecule has 0 spiro atoms. The summed E-state index contributed by atoms with van der Waals surface area (Å²) in [6, 6.07) is -1.65. The smallest absolute Gasteiger partial charge is 0.414 e. The summed E-state index contributed by atoms with van der Waals surface area (Å²) in [5.41, 5.74) is 0. The number of rotatable bonds is 0. The average Bonchev–Trinajstić information content (AvgIpc) is 2.11. The zero-order valence-electron chi connectivity index (χ0n) is 5.27. The molecule has 0 aromatic heterocycles. The molecule has 1 heterocycles. The van der Waals surface area contributed by atoms with Gasteiger partial charge < -0.3 is 4.74 Å². The summed E-state index contributed by atoms with van der Waals surface area (Å²) in [6.45, 7) is 1.04. The minimum absolute atomic E-state index is 0.113. The molecule has 1 aliphatic rings. The lowest BCUT2D eigenvalue weighted by Gasteiger charge is -2.08. The van der Waals surface area contributed by atoms with Crippen molar-refractivity contribution in [3.05, 3.63) is 0 Å². The summed E-state index contributed by atoms with van der Waals surface area (Å²) in [5.74, 6) is 0.113. The van der Waals surface area contributed by atoms with E-state index in [1.54, 1.807) is 0 Å². The third-order valence-corrected chi connectivity index (χ3v) is 1.17. The number of ether oxygens (including phenoxy) is 1. The Balaban J connectivity index is 2.61. The van der Waals surface area contributed by atoms with Crippen LogP contribution in [-0.4, -0.2) is 24.7 Å². The largest absolute Gasteiger partial charge is 0.479 e. The van der Waals surface area contributed by atoms with Gasteiger partial charge in [0, 0.05) is 6.92 Å². The highest BCUT2D eigenvalue weighted by Crippen LogP contribution is 2.25. The fourth-order valence-electron chi connectivity index (χ4n) is 0.661. The van der Waals surface area contributed by atoms with Crippen LogP contribution in [0.2, 0.25) is 0 Å². The van der Waals surface area contributed by atoms with Gasteiger partial charge in [-0.2, -0.15) is 13.2 Å². The van der Waals surface area contributed by atoms with Gasteiger partial charge in [0.15, 0.2) is 11.9 Å². The van der Waals surface area contributed by atoms with E-state index in [0.29, 0.717) is 0 Å². The molecule has 5 heteroatoms. The van der Waals surface area contributed by atoms with Gasteiger partial charge in [0.25, 0.3) is 0 Å². The van der Waals surface area contributed by atoms with Crippen LogP contribution in [0.15, 0.2) is 4.99 Å². The summed E-state index contributed by atoms with van der Waals surface area (Å²) in [7, 11) is 0. The number of alkyl halides is 3. The normalized spacial score (nSPS) is 26.0. The highest BCUT2D eigenvalue weighted by atomic mass is 19.4. The molecule has 0 saturated heterocycles. The van der Waals surface area contributed by atoms with Gasteiger partial charge in [-0.1, -0.05) is 0 Å². The lowest BCUT2D eigenvalue weighted by molar-refractivity contribution is -0.149. The molecular formula is C5H6F3NO. The number of nitrogens with zero attached hydrogens (tertiary/aromatic N) is 1. The molecule has 0 aliphatic carbocycles. The topological polar surface area (TPSA) is 21.6 Å². The van der Waals surface area contributed by atoms with Crippen LogP contribution in [0.4, 0.5) is 13.2 Å². The van der Waals surface area contributed by atoms with Gasteiger partial charge in [-0.05, 0) is 0 Å². The number of halogens is 3. The van der Waals surface area contributed by atoms with E-state index >= 15 is 0 Å². The van der Waals surface area contributed by atoms with Crippen LogP contribution >= 0.6 is 0 Å². The van der Waals surface area contributed by atoms with E-state index < -0.39 is 12.2 Å². The van der Waals surface area contributed by atoms with Crippen molar-refractivity contribution in [2.75, 3.05) is 6.61 Å². The average molecular weight is 153 g/mol. The molecule has 0 aromatic carbocycles. The lowest BCUT2D eigenvalue weighted by Crippen LogP contribution is -2.27. The third kappa shape index (κ3) is 1.40. The molecular weight excluding hydrogens is 147 g/mol. The first kappa shape index (κ1) is 7.37. The highest BCUT2D eigenvalue weighted by Gasteiger charge is 2.42. The van der Waals surface area contributed by atoms with Crippen LogP contribution in [0.1, 0.15) is 6.92 Å². The van der Waals surface area contributed by atoms with Gasteiger partial charge in [0.1, 0.15) is 6.61 Å². The van der Waals surface area contributed by atoms with Crippen molar-refractivity contribution in [3.8, 4) is 0 Å².